The first kappa shape index (κ1) is 7.54. The highest BCUT2D eigenvalue weighted by Crippen LogP contribution is 2.17. The molecule has 10 heavy (non-hydrogen) atoms. The first-order chi connectivity index (χ1) is 4.74. The van der Waals surface area contributed by atoms with Gasteiger partial charge in [0.2, 0.25) is 0 Å². The van der Waals surface area contributed by atoms with Gasteiger partial charge in [-0.3, -0.25) is 4.79 Å². The van der Waals surface area contributed by atoms with Crippen molar-refractivity contribution in [2.45, 2.75) is 25.9 Å². The van der Waals surface area contributed by atoms with Gasteiger partial charge in [0.05, 0.1) is 19.1 Å². The second-order valence-electron chi connectivity index (χ2n) is 2.62. The molecule has 3 heteroatoms. The predicted octanol–water partition coefficient (Wildman–Crippen LogP) is 0.320. The van der Waals surface area contributed by atoms with Crippen molar-refractivity contribution in [3.63, 3.8) is 0 Å². The molecule has 0 aromatic rings. The van der Waals surface area contributed by atoms with Crippen molar-refractivity contribution < 1.29 is 14.6 Å². The van der Waals surface area contributed by atoms with Crippen LogP contribution in [0.3, 0.4) is 0 Å². The molecule has 58 valence electrons. The smallest absolute Gasteiger partial charge is 0.308 e. The van der Waals surface area contributed by atoms with Crippen LogP contribution in [0.5, 0.6) is 0 Å². The summed E-state index contributed by atoms with van der Waals surface area (Å²) in [5.74, 6) is -0.130. The molecule has 1 aliphatic rings. The zero-order chi connectivity index (χ0) is 7.56. The summed E-state index contributed by atoms with van der Waals surface area (Å²) in [5.41, 5.74) is 0. The predicted molar refractivity (Wildman–Crippen MR) is 35.4 cm³/mol. The Bertz CT molecular complexity index is 133. The van der Waals surface area contributed by atoms with Crippen LogP contribution >= 0.6 is 0 Å². The Morgan fingerprint density at radius 2 is 2.50 bits per heavy atom. The summed E-state index contributed by atoms with van der Waals surface area (Å²) in [4.78, 5) is 10.6. The van der Waals surface area contributed by atoms with Crippen molar-refractivity contribution >= 4 is 5.97 Å². The highest BCUT2D eigenvalue weighted by atomic mass is 16.5. The molecule has 0 aromatic carbocycles. The van der Waals surface area contributed by atoms with Gasteiger partial charge in [-0.05, 0) is 6.42 Å². The van der Waals surface area contributed by atoms with Gasteiger partial charge in [-0.25, -0.2) is 0 Å². The van der Waals surface area contributed by atoms with Crippen LogP contribution in [0.1, 0.15) is 19.8 Å². The topological polar surface area (TPSA) is 46.5 Å². The van der Waals surface area contributed by atoms with E-state index in [1.54, 1.807) is 0 Å². The molecule has 0 unspecified atom stereocenters. The number of hydrogen-bond acceptors (Lipinski definition) is 3. The van der Waals surface area contributed by atoms with E-state index in [2.05, 4.69) is 0 Å². The molecule has 0 saturated carbocycles. The SMILES string of the molecule is CC[C@@H]1COC(=O)C[C@H]1O. The molecule has 1 rings (SSSR count). The minimum absolute atomic E-state index is 0.151. The standard InChI is InChI=1S/C7H12O3/c1-2-5-4-10-7(9)3-6(5)8/h5-6,8H,2-4H2,1H3/t5-,6-/m1/s1. The Morgan fingerprint density at radius 1 is 1.80 bits per heavy atom. The van der Waals surface area contributed by atoms with E-state index in [0.29, 0.717) is 6.61 Å². The zero-order valence-corrected chi connectivity index (χ0v) is 6.04. The number of hydrogen-bond donors (Lipinski definition) is 1. The van der Waals surface area contributed by atoms with Gasteiger partial charge >= 0.3 is 5.97 Å². The lowest BCUT2D eigenvalue weighted by atomic mass is 9.96. The molecule has 2 atom stereocenters. The Kier molecular flexibility index (Phi) is 2.27. The Morgan fingerprint density at radius 3 is 3.00 bits per heavy atom. The van der Waals surface area contributed by atoms with Gasteiger partial charge in [-0.1, -0.05) is 6.92 Å². The van der Waals surface area contributed by atoms with Crippen molar-refractivity contribution in [3.8, 4) is 0 Å². The number of carbonyl (C=O) groups is 1. The molecule has 0 aromatic heterocycles. The van der Waals surface area contributed by atoms with E-state index >= 15 is 0 Å². The lowest BCUT2D eigenvalue weighted by Crippen LogP contribution is -2.34. The van der Waals surface area contributed by atoms with E-state index < -0.39 is 6.10 Å². The third-order valence-electron chi connectivity index (χ3n) is 1.90. The number of ether oxygens (including phenoxy) is 1. The fourth-order valence-corrected chi connectivity index (χ4v) is 1.10. The molecule has 0 amide bonds. The van der Waals surface area contributed by atoms with Crippen LogP contribution in [0.2, 0.25) is 0 Å². The maximum atomic E-state index is 10.6. The zero-order valence-electron chi connectivity index (χ0n) is 6.04. The van der Waals surface area contributed by atoms with Gasteiger partial charge in [-0.15, -0.1) is 0 Å². The van der Waals surface area contributed by atoms with Gasteiger partial charge in [-0.2, -0.15) is 0 Å². The second kappa shape index (κ2) is 3.01. The summed E-state index contributed by atoms with van der Waals surface area (Å²) < 4.78 is 4.75. The number of esters is 1. The van der Waals surface area contributed by atoms with E-state index in [-0.39, 0.29) is 18.3 Å². The molecule has 1 heterocycles. The van der Waals surface area contributed by atoms with E-state index in [4.69, 9.17) is 4.74 Å². The van der Waals surface area contributed by atoms with Gasteiger partial charge < -0.3 is 9.84 Å². The number of carbonyl (C=O) groups excluding carboxylic acids is 1. The molecule has 0 aliphatic carbocycles. The number of aliphatic hydroxyl groups is 1. The summed E-state index contributed by atoms with van der Waals surface area (Å²) in [5, 5.41) is 9.24. The van der Waals surface area contributed by atoms with Crippen LogP contribution in [0.25, 0.3) is 0 Å². The average molecular weight is 144 g/mol. The van der Waals surface area contributed by atoms with Crippen LogP contribution in [0, 0.1) is 5.92 Å². The normalized spacial score (nSPS) is 33.6. The molecule has 0 spiro atoms. The minimum atomic E-state index is -0.480. The molecular formula is C7H12O3. The molecule has 0 bridgehead atoms. The first-order valence-corrected chi connectivity index (χ1v) is 3.57. The number of aliphatic hydroxyl groups excluding tert-OH is 1. The van der Waals surface area contributed by atoms with Crippen molar-refractivity contribution in [3.05, 3.63) is 0 Å². The van der Waals surface area contributed by atoms with Crippen molar-refractivity contribution in [1.82, 2.24) is 0 Å². The maximum Gasteiger partial charge on any atom is 0.308 e. The molecule has 1 fully saturated rings. The van der Waals surface area contributed by atoms with Crippen LogP contribution in [-0.4, -0.2) is 23.8 Å². The van der Waals surface area contributed by atoms with Crippen molar-refractivity contribution in [2.24, 2.45) is 5.92 Å². The van der Waals surface area contributed by atoms with Gasteiger partial charge in [0, 0.05) is 5.92 Å². The highest BCUT2D eigenvalue weighted by molar-refractivity contribution is 5.70. The van der Waals surface area contributed by atoms with E-state index in [0.717, 1.165) is 6.42 Å². The Labute approximate surface area is 60.0 Å². The van der Waals surface area contributed by atoms with Crippen LogP contribution in [0.4, 0.5) is 0 Å². The highest BCUT2D eigenvalue weighted by Gasteiger charge is 2.27. The van der Waals surface area contributed by atoms with E-state index in [1.165, 1.54) is 0 Å². The van der Waals surface area contributed by atoms with Crippen molar-refractivity contribution in [1.29, 1.82) is 0 Å². The second-order valence-corrected chi connectivity index (χ2v) is 2.62. The lowest BCUT2D eigenvalue weighted by Gasteiger charge is -2.25. The average Bonchev–Trinajstić information content (AvgIpc) is 1.88. The third kappa shape index (κ3) is 1.48. The summed E-state index contributed by atoms with van der Waals surface area (Å²) in [6.45, 7) is 2.36. The quantitative estimate of drug-likeness (QED) is 0.539. The largest absolute Gasteiger partial charge is 0.465 e. The fraction of sp³-hybridized carbons (Fsp3) is 0.857. The number of rotatable bonds is 1. The fourth-order valence-electron chi connectivity index (χ4n) is 1.10. The molecule has 1 N–H and O–H groups in total. The molecule has 3 nitrogen and oxygen atoms in total. The summed E-state index contributed by atoms with van der Waals surface area (Å²) in [6.07, 6.45) is 0.554. The molecule has 1 aliphatic heterocycles. The molecule has 1 saturated heterocycles. The first-order valence-electron chi connectivity index (χ1n) is 3.57. The van der Waals surface area contributed by atoms with Crippen molar-refractivity contribution in [2.75, 3.05) is 6.61 Å². The Hall–Kier alpha value is -0.570. The van der Waals surface area contributed by atoms with E-state index in [1.807, 2.05) is 6.92 Å². The minimum Gasteiger partial charge on any atom is -0.465 e. The summed E-state index contributed by atoms with van der Waals surface area (Å²) >= 11 is 0. The summed E-state index contributed by atoms with van der Waals surface area (Å²) in [6, 6.07) is 0. The summed E-state index contributed by atoms with van der Waals surface area (Å²) in [7, 11) is 0. The van der Waals surface area contributed by atoms with Gasteiger partial charge in [0.25, 0.3) is 0 Å². The van der Waals surface area contributed by atoms with Crippen LogP contribution in [-0.2, 0) is 9.53 Å². The van der Waals surface area contributed by atoms with Crippen LogP contribution in [0.15, 0.2) is 0 Å². The molecule has 0 radical (unpaired) electrons. The molecular weight excluding hydrogens is 132 g/mol. The van der Waals surface area contributed by atoms with Gasteiger partial charge in [0.1, 0.15) is 0 Å². The van der Waals surface area contributed by atoms with Gasteiger partial charge in [0.15, 0.2) is 0 Å². The van der Waals surface area contributed by atoms with E-state index in [9.17, 15) is 9.90 Å². The third-order valence-corrected chi connectivity index (χ3v) is 1.90. The number of cyclic esters (lactones) is 1. The lowest BCUT2D eigenvalue weighted by molar-refractivity contribution is -0.156. The Balaban J connectivity index is 2.43. The monoisotopic (exact) mass is 144 g/mol. The maximum absolute atomic E-state index is 10.6. The van der Waals surface area contributed by atoms with Crippen LogP contribution < -0.4 is 0 Å².